The van der Waals surface area contributed by atoms with Crippen molar-refractivity contribution < 1.29 is 0 Å². The van der Waals surface area contributed by atoms with E-state index in [0.717, 1.165) is 25.7 Å². The highest BCUT2D eigenvalue weighted by Crippen LogP contribution is 2.24. The van der Waals surface area contributed by atoms with Crippen molar-refractivity contribution in [1.82, 2.24) is 9.88 Å². The quantitative estimate of drug-likeness (QED) is 0.847. The smallest absolute Gasteiger partial charge is 0.0573 e. The Morgan fingerprint density at radius 1 is 1.41 bits per heavy atom. The normalized spacial score (nSPS) is 16.9. The largest absolute Gasteiger partial charge is 0.329 e. The van der Waals surface area contributed by atoms with Gasteiger partial charge < -0.3 is 5.73 Å². The molecule has 94 valence electrons. The Morgan fingerprint density at radius 2 is 2.18 bits per heavy atom. The van der Waals surface area contributed by atoms with Gasteiger partial charge in [0.25, 0.3) is 0 Å². The molecule has 1 saturated carbocycles. The average molecular weight is 233 g/mol. The molecule has 1 aromatic rings. The van der Waals surface area contributed by atoms with E-state index >= 15 is 0 Å². The summed E-state index contributed by atoms with van der Waals surface area (Å²) in [6.07, 6.45) is 7.27. The second-order valence-electron chi connectivity index (χ2n) is 4.96. The molecule has 0 bridgehead atoms. The van der Waals surface area contributed by atoms with Crippen LogP contribution in [0.25, 0.3) is 0 Å². The zero-order valence-corrected chi connectivity index (χ0v) is 10.7. The summed E-state index contributed by atoms with van der Waals surface area (Å²) < 4.78 is 0. The molecule has 0 spiro atoms. The standard InChI is InChI=1S/C14H23N3/c1-12-5-4-9-16-14(12)11-17(10-8-15)13-6-2-3-7-13/h4-5,9,13H,2-3,6-8,10-11,15H2,1H3. The maximum atomic E-state index is 5.73. The summed E-state index contributed by atoms with van der Waals surface area (Å²) >= 11 is 0. The van der Waals surface area contributed by atoms with Crippen LogP contribution in [0.3, 0.4) is 0 Å². The van der Waals surface area contributed by atoms with E-state index in [1.165, 1.54) is 36.9 Å². The summed E-state index contributed by atoms with van der Waals surface area (Å²) in [5, 5.41) is 0. The molecule has 1 heterocycles. The van der Waals surface area contributed by atoms with Crippen LogP contribution >= 0.6 is 0 Å². The van der Waals surface area contributed by atoms with Crippen molar-refractivity contribution in [3.8, 4) is 0 Å². The second-order valence-corrected chi connectivity index (χ2v) is 4.96. The van der Waals surface area contributed by atoms with E-state index in [9.17, 15) is 0 Å². The van der Waals surface area contributed by atoms with E-state index in [2.05, 4.69) is 22.9 Å². The molecule has 17 heavy (non-hydrogen) atoms. The fraction of sp³-hybridized carbons (Fsp3) is 0.643. The number of rotatable bonds is 5. The Balaban J connectivity index is 2.04. The molecule has 3 heteroatoms. The average Bonchev–Trinajstić information content (AvgIpc) is 2.85. The zero-order chi connectivity index (χ0) is 12.1. The van der Waals surface area contributed by atoms with Gasteiger partial charge in [0.2, 0.25) is 0 Å². The minimum absolute atomic E-state index is 0.722. The molecule has 0 amide bonds. The molecule has 0 saturated heterocycles. The highest BCUT2D eigenvalue weighted by molar-refractivity contribution is 5.17. The van der Waals surface area contributed by atoms with Crippen molar-refractivity contribution in [1.29, 1.82) is 0 Å². The number of hydrogen-bond acceptors (Lipinski definition) is 3. The Morgan fingerprint density at radius 3 is 2.82 bits per heavy atom. The van der Waals surface area contributed by atoms with E-state index in [1.807, 2.05) is 12.3 Å². The van der Waals surface area contributed by atoms with Crippen molar-refractivity contribution in [3.05, 3.63) is 29.6 Å². The third-order valence-corrected chi connectivity index (χ3v) is 3.73. The maximum absolute atomic E-state index is 5.73. The lowest BCUT2D eigenvalue weighted by atomic mass is 10.1. The van der Waals surface area contributed by atoms with Crippen molar-refractivity contribution >= 4 is 0 Å². The van der Waals surface area contributed by atoms with Crippen molar-refractivity contribution in [2.24, 2.45) is 5.73 Å². The highest BCUT2D eigenvalue weighted by Gasteiger charge is 2.22. The first-order chi connectivity index (χ1) is 8.31. The van der Waals surface area contributed by atoms with Gasteiger partial charge in [0.05, 0.1) is 5.69 Å². The first-order valence-electron chi connectivity index (χ1n) is 6.66. The Bertz CT molecular complexity index is 345. The van der Waals surface area contributed by atoms with Gasteiger partial charge in [-0.25, -0.2) is 0 Å². The summed E-state index contributed by atoms with van der Waals surface area (Å²) in [5.41, 5.74) is 8.21. The van der Waals surface area contributed by atoms with E-state index in [4.69, 9.17) is 5.73 Å². The molecule has 0 aliphatic heterocycles. The van der Waals surface area contributed by atoms with Crippen molar-refractivity contribution in [3.63, 3.8) is 0 Å². The molecule has 2 rings (SSSR count). The van der Waals surface area contributed by atoms with E-state index in [-0.39, 0.29) is 0 Å². The lowest BCUT2D eigenvalue weighted by molar-refractivity contribution is 0.192. The Hall–Kier alpha value is -0.930. The van der Waals surface area contributed by atoms with Crippen LogP contribution < -0.4 is 5.73 Å². The number of nitrogens with two attached hydrogens (primary N) is 1. The summed E-state index contributed by atoms with van der Waals surface area (Å²) in [7, 11) is 0. The molecular formula is C14H23N3. The van der Waals surface area contributed by atoms with Gasteiger partial charge in [-0.1, -0.05) is 18.9 Å². The molecule has 0 radical (unpaired) electrons. The fourth-order valence-corrected chi connectivity index (χ4v) is 2.70. The van der Waals surface area contributed by atoms with Crippen LogP contribution in [0.5, 0.6) is 0 Å². The molecule has 3 nitrogen and oxygen atoms in total. The third kappa shape index (κ3) is 3.27. The molecule has 0 atom stereocenters. The minimum atomic E-state index is 0.722. The van der Waals surface area contributed by atoms with Crippen LogP contribution in [0.15, 0.2) is 18.3 Å². The van der Waals surface area contributed by atoms with Gasteiger partial charge >= 0.3 is 0 Å². The molecule has 1 aliphatic rings. The van der Waals surface area contributed by atoms with E-state index in [1.54, 1.807) is 0 Å². The summed E-state index contributed by atoms with van der Waals surface area (Å²) in [5.74, 6) is 0. The van der Waals surface area contributed by atoms with Crippen LogP contribution in [0.1, 0.15) is 36.9 Å². The van der Waals surface area contributed by atoms with Crippen molar-refractivity contribution in [2.45, 2.75) is 45.2 Å². The molecule has 1 aliphatic carbocycles. The highest BCUT2D eigenvalue weighted by atomic mass is 15.2. The predicted octanol–water partition coefficient (Wildman–Crippen LogP) is 2.09. The molecule has 0 aromatic carbocycles. The van der Waals surface area contributed by atoms with Crippen LogP contribution in [0.2, 0.25) is 0 Å². The molecule has 2 N–H and O–H groups in total. The van der Waals surface area contributed by atoms with Crippen LogP contribution in [-0.2, 0) is 6.54 Å². The molecular weight excluding hydrogens is 210 g/mol. The molecule has 1 fully saturated rings. The van der Waals surface area contributed by atoms with Gasteiger partial charge in [-0.15, -0.1) is 0 Å². The SMILES string of the molecule is Cc1cccnc1CN(CCN)C1CCCC1. The predicted molar refractivity (Wildman–Crippen MR) is 70.7 cm³/mol. The summed E-state index contributed by atoms with van der Waals surface area (Å²) in [4.78, 5) is 7.01. The Kier molecular flexibility index (Phi) is 4.51. The van der Waals surface area contributed by atoms with Gasteiger partial charge in [-0.05, 0) is 31.4 Å². The van der Waals surface area contributed by atoms with Gasteiger partial charge in [0.15, 0.2) is 0 Å². The van der Waals surface area contributed by atoms with Crippen LogP contribution in [-0.4, -0.2) is 29.0 Å². The molecule has 0 unspecified atom stereocenters. The number of hydrogen-bond donors (Lipinski definition) is 1. The lowest BCUT2D eigenvalue weighted by Crippen LogP contribution is -2.37. The van der Waals surface area contributed by atoms with Gasteiger partial charge in [-0.2, -0.15) is 0 Å². The summed E-state index contributed by atoms with van der Waals surface area (Å²) in [6, 6.07) is 4.86. The zero-order valence-electron chi connectivity index (χ0n) is 10.7. The maximum Gasteiger partial charge on any atom is 0.0573 e. The summed E-state index contributed by atoms with van der Waals surface area (Å²) in [6.45, 7) is 4.81. The minimum Gasteiger partial charge on any atom is -0.329 e. The molecule has 1 aromatic heterocycles. The monoisotopic (exact) mass is 233 g/mol. The van der Waals surface area contributed by atoms with Crippen LogP contribution in [0.4, 0.5) is 0 Å². The fourth-order valence-electron chi connectivity index (χ4n) is 2.70. The number of aryl methyl sites for hydroxylation is 1. The van der Waals surface area contributed by atoms with E-state index < -0.39 is 0 Å². The number of pyridine rings is 1. The first kappa shape index (κ1) is 12.5. The van der Waals surface area contributed by atoms with Gasteiger partial charge in [0, 0.05) is 31.9 Å². The van der Waals surface area contributed by atoms with Crippen molar-refractivity contribution in [2.75, 3.05) is 13.1 Å². The Labute approximate surface area is 104 Å². The van der Waals surface area contributed by atoms with Crippen LogP contribution in [0, 0.1) is 6.92 Å². The number of nitrogens with zero attached hydrogens (tertiary/aromatic N) is 2. The second kappa shape index (κ2) is 6.12. The van der Waals surface area contributed by atoms with E-state index in [0.29, 0.717) is 0 Å². The third-order valence-electron chi connectivity index (χ3n) is 3.73. The van der Waals surface area contributed by atoms with Gasteiger partial charge in [-0.3, -0.25) is 9.88 Å². The first-order valence-corrected chi connectivity index (χ1v) is 6.66. The van der Waals surface area contributed by atoms with Gasteiger partial charge in [0.1, 0.15) is 0 Å². The number of aromatic nitrogens is 1. The lowest BCUT2D eigenvalue weighted by Gasteiger charge is -2.28. The topological polar surface area (TPSA) is 42.2 Å².